The first kappa shape index (κ1) is 15.1. The molecular weight excluding hydrogens is 256 g/mol. The van der Waals surface area contributed by atoms with E-state index < -0.39 is 5.97 Å². The predicted molar refractivity (Wildman–Crippen MR) is 76.8 cm³/mol. The van der Waals surface area contributed by atoms with Gasteiger partial charge in [-0.2, -0.15) is 0 Å². The molecule has 0 atom stereocenters. The van der Waals surface area contributed by atoms with Gasteiger partial charge in [0.05, 0.1) is 6.54 Å². The van der Waals surface area contributed by atoms with E-state index in [9.17, 15) is 4.79 Å². The van der Waals surface area contributed by atoms with Gasteiger partial charge in [-0.15, -0.1) is 0 Å². The van der Waals surface area contributed by atoms with Crippen molar-refractivity contribution in [2.45, 2.75) is 39.3 Å². The summed E-state index contributed by atoms with van der Waals surface area (Å²) in [6.07, 6.45) is 2.42. The highest BCUT2D eigenvalue weighted by Gasteiger charge is 2.20. The first-order valence-corrected chi connectivity index (χ1v) is 7.33. The average Bonchev–Trinajstić information content (AvgIpc) is 2.88. The molecule has 5 nitrogen and oxygen atoms in total. The Morgan fingerprint density at radius 3 is 2.70 bits per heavy atom. The van der Waals surface area contributed by atoms with Crippen LogP contribution >= 0.6 is 0 Å². The molecule has 2 rings (SSSR count). The molecular formula is C15H24N2O3. The molecule has 20 heavy (non-hydrogen) atoms. The van der Waals surface area contributed by atoms with Crippen LogP contribution in [0.4, 0.5) is 0 Å². The van der Waals surface area contributed by atoms with Crippen molar-refractivity contribution in [1.82, 2.24) is 10.2 Å². The van der Waals surface area contributed by atoms with Gasteiger partial charge in [0.2, 0.25) is 5.76 Å². The van der Waals surface area contributed by atoms with E-state index in [0.29, 0.717) is 18.5 Å². The number of carboxylic acids is 1. The van der Waals surface area contributed by atoms with E-state index >= 15 is 0 Å². The highest BCUT2D eigenvalue weighted by Crippen LogP contribution is 2.18. The Morgan fingerprint density at radius 1 is 1.45 bits per heavy atom. The lowest BCUT2D eigenvalue weighted by Crippen LogP contribution is -2.39. The highest BCUT2D eigenvalue weighted by atomic mass is 16.4. The lowest BCUT2D eigenvalue weighted by Gasteiger charge is -2.32. The molecule has 0 radical (unpaired) electrons. The largest absolute Gasteiger partial charge is 0.475 e. The molecule has 112 valence electrons. The molecule has 0 aromatic carbocycles. The maximum Gasteiger partial charge on any atom is 0.371 e. The van der Waals surface area contributed by atoms with Gasteiger partial charge in [-0.05, 0) is 57.8 Å². The van der Waals surface area contributed by atoms with Crippen LogP contribution in [0.2, 0.25) is 0 Å². The van der Waals surface area contributed by atoms with Crippen molar-refractivity contribution in [2.24, 2.45) is 5.92 Å². The Balaban J connectivity index is 1.95. The number of aromatic carboxylic acids is 1. The van der Waals surface area contributed by atoms with Gasteiger partial charge in [-0.25, -0.2) is 4.79 Å². The number of furan rings is 1. The normalized spacial score (nSPS) is 17.0. The fourth-order valence-electron chi connectivity index (χ4n) is 2.63. The Kier molecular flexibility index (Phi) is 5.20. The van der Waals surface area contributed by atoms with Gasteiger partial charge in [-0.3, -0.25) is 4.90 Å². The van der Waals surface area contributed by atoms with Crippen molar-refractivity contribution < 1.29 is 14.3 Å². The number of piperidine rings is 1. The van der Waals surface area contributed by atoms with Crippen LogP contribution in [0.15, 0.2) is 16.5 Å². The first-order chi connectivity index (χ1) is 9.56. The third-order valence-corrected chi connectivity index (χ3v) is 3.91. The zero-order valence-electron chi connectivity index (χ0n) is 12.3. The van der Waals surface area contributed by atoms with Crippen molar-refractivity contribution in [3.05, 3.63) is 23.7 Å². The molecule has 1 saturated heterocycles. The number of carboxylic acid groups (broad SMARTS) is 1. The second-order valence-corrected chi connectivity index (χ2v) is 5.79. The van der Waals surface area contributed by atoms with Crippen molar-refractivity contribution in [2.75, 3.05) is 19.6 Å². The zero-order chi connectivity index (χ0) is 14.5. The van der Waals surface area contributed by atoms with Gasteiger partial charge >= 0.3 is 5.97 Å². The Morgan fingerprint density at radius 2 is 2.15 bits per heavy atom. The molecule has 0 bridgehead atoms. The van der Waals surface area contributed by atoms with Gasteiger partial charge in [0.15, 0.2) is 0 Å². The van der Waals surface area contributed by atoms with E-state index in [0.717, 1.165) is 25.4 Å². The summed E-state index contributed by atoms with van der Waals surface area (Å²) < 4.78 is 5.36. The molecule has 2 heterocycles. The summed E-state index contributed by atoms with van der Waals surface area (Å²) in [4.78, 5) is 13.2. The van der Waals surface area contributed by atoms with Crippen LogP contribution in [-0.4, -0.2) is 41.7 Å². The van der Waals surface area contributed by atoms with E-state index in [-0.39, 0.29) is 5.76 Å². The van der Waals surface area contributed by atoms with Crippen LogP contribution in [0, 0.1) is 5.92 Å². The van der Waals surface area contributed by atoms with Crippen LogP contribution in [0.3, 0.4) is 0 Å². The fraction of sp³-hybridized carbons (Fsp3) is 0.667. The van der Waals surface area contributed by atoms with Crippen LogP contribution < -0.4 is 5.32 Å². The quantitative estimate of drug-likeness (QED) is 0.836. The lowest BCUT2D eigenvalue weighted by molar-refractivity contribution is 0.0656. The Hall–Kier alpha value is -1.33. The zero-order valence-corrected chi connectivity index (χ0v) is 12.3. The molecule has 0 unspecified atom stereocenters. The minimum atomic E-state index is -1.01. The van der Waals surface area contributed by atoms with Crippen LogP contribution in [0.1, 0.15) is 43.0 Å². The second kappa shape index (κ2) is 6.90. The summed E-state index contributed by atoms with van der Waals surface area (Å²) >= 11 is 0. The molecule has 5 heteroatoms. The summed E-state index contributed by atoms with van der Waals surface area (Å²) in [6.45, 7) is 8.25. The average molecular weight is 280 g/mol. The second-order valence-electron chi connectivity index (χ2n) is 5.79. The minimum Gasteiger partial charge on any atom is -0.475 e. The standard InChI is InChI=1S/C15H24N2O3/c1-11(2)17(9-12-5-7-16-8-6-12)10-13-3-4-14(20-13)15(18)19/h3-4,11-12,16H,5-10H2,1-2H3,(H,18,19). The van der Waals surface area contributed by atoms with E-state index in [2.05, 4.69) is 24.1 Å². The number of nitrogens with zero attached hydrogens (tertiary/aromatic N) is 1. The van der Waals surface area contributed by atoms with E-state index in [1.807, 2.05) is 0 Å². The minimum absolute atomic E-state index is 0.0190. The monoisotopic (exact) mass is 280 g/mol. The molecule has 0 spiro atoms. The van der Waals surface area contributed by atoms with Crippen LogP contribution in [0.25, 0.3) is 0 Å². The number of nitrogens with one attached hydrogen (secondary N) is 1. The van der Waals surface area contributed by atoms with Crippen molar-refractivity contribution >= 4 is 5.97 Å². The molecule has 1 fully saturated rings. The third kappa shape index (κ3) is 4.08. The predicted octanol–water partition coefficient (Wildman–Crippen LogP) is 2.19. The van der Waals surface area contributed by atoms with E-state index in [4.69, 9.17) is 9.52 Å². The van der Waals surface area contributed by atoms with Gasteiger partial charge in [0.25, 0.3) is 0 Å². The molecule has 1 aromatic rings. The van der Waals surface area contributed by atoms with Gasteiger partial charge in [0, 0.05) is 12.6 Å². The van der Waals surface area contributed by atoms with Gasteiger partial charge in [-0.1, -0.05) is 0 Å². The molecule has 1 aliphatic heterocycles. The Labute approximate surface area is 119 Å². The molecule has 1 aliphatic rings. The molecule has 1 aromatic heterocycles. The number of hydrogen-bond donors (Lipinski definition) is 2. The molecule has 0 aliphatic carbocycles. The summed E-state index contributed by atoms with van der Waals surface area (Å²) in [5.74, 6) is 0.453. The number of hydrogen-bond acceptors (Lipinski definition) is 4. The molecule has 0 amide bonds. The lowest BCUT2D eigenvalue weighted by atomic mass is 9.97. The Bertz CT molecular complexity index is 436. The van der Waals surface area contributed by atoms with Crippen LogP contribution in [0.5, 0.6) is 0 Å². The van der Waals surface area contributed by atoms with Crippen molar-refractivity contribution in [3.8, 4) is 0 Å². The maximum absolute atomic E-state index is 10.8. The van der Waals surface area contributed by atoms with E-state index in [1.165, 1.54) is 18.9 Å². The summed E-state index contributed by atoms with van der Waals surface area (Å²) in [7, 11) is 0. The fourth-order valence-corrected chi connectivity index (χ4v) is 2.63. The number of carbonyl (C=O) groups is 1. The molecule has 0 saturated carbocycles. The summed E-state index contributed by atoms with van der Waals surface area (Å²) in [5.41, 5.74) is 0. The van der Waals surface area contributed by atoms with Crippen molar-refractivity contribution in [3.63, 3.8) is 0 Å². The summed E-state index contributed by atoms with van der Waals surface area (Å²) in [6, 6.07) is 3.71. The SMILES string of the molecule is CC(C)N(Cc1ccc(C(=O)O)o1)CC1CCNCC1. The van der Waals surface area contributed by atoms with Gasteiger partial charge < -0.3 is 14.8 Å². The molecule has 2 N–H and O–H groups in total. The van der Waals surface area contributed by atoms with Gasteiger partial charge in [0.1, 0.15) is 5.76 Å². The van der Waals surface area contributed by atoms with Crippen LogP contribution in [-0.2, 0) is 6.54 Å². The highest BCUT2D eigenvalue weighted by molar-refractivity contribution is 5.84. The maximum atomic E-state index is 10.8. The topological polar surface area (TPSA) is 65.7 Å². The summed E-state index contributed by atoms with van der Waals surface area (Å²) in [5, 5.41) is 12.3. The smallest absolute Gasteiger partial charge is 0.371 e. The first-order valence-electron chi connectivity index (χ1n) is 7.33. The third-order valence-electron chi connectivity index (χ3n) is 3.91. The van der Waals surface area contributed by atoms with Crippen molar-refractivity contribution in [1.29, 1.82) is 0 Å². The van der Waals surface area contributed by atoms with E-state index in [1.54, 1.807) is 6.07 Å². The number of rotatable bonds is 6.